The number of hydrogen-bond acceptors (Lipinski definition) is 6. The zero-order valence-electron chi connectivity index (χ0n) is 21.5. The number of rotatable bonds is 8. The second-order valence-electron chi connectivity index (χ2n) is 9.34. The zero-order chi connectivity index (χ0) is 26.5. The molecule has 0 bridgehead atoms. The number of ether oxygens (including phenoxy) is 1. The van der Waals surface area contributed by atoms with Crippen molar-refractivity contribution in [1.82, 2.24) is 4.57 Å². The highest BCUT2D eigenvalue weighted by Gasteiger charge is 2.17. The zero-order valence-corrected chi connectivity index (χ0v) is 21.5. The van der Waals surface area contributed by atoms with Gasteiger partial charge in [-0.2, -0.15) is 0 Å². The van der Waals surface area contributed by atoms with Gasteiger partial charge in [0, 0.05) is 53.4 Å². The molecular formula is C29H33N5O2. The van der Waals surface area contributed by atoms with E-state index in [2.05, 4.69) is 28.9 Å². The number of anilines is 2. The van der Waals surface area contributed by atoms with Gasteiger partial charge in [-0.3, -0.25) is 9.56 Å². The average Bonchev–Trinajstić information content (AvgIpc) is 3.32. The van der Waals surface area contributed by atoms with E-state index in [1.54, 1.807) is 19.3 Å². The van der Waals surface area contributed by atoms with E-state index in [0.717, 1.165) is 33.6 Å². The lowest BCUT2D eigenvalue weighted by molar-refractivity contribution is 0.0537. The number of benzene rings is 2. The van der Waals surface area contributed by atoms with Gasteiger partial charge in [0.15, 0.2) is 0 Å². The van der Waals surface area contributed by atoms with Crippen molar-refractivity contribution in [1.29, 1.82) is 5.41 Å². The van der Waals surface area contributed by atoms with E-state index in [1.165, 1.54) is 4.57 Å². The van der Waals surface area contributed by atoms with Gasteiger partial charge < -0.3 is 20.8 Å². The van der Waals surface area contributed by atoms with Gasteiger partial charge >= 0.3 is 6.09 Å². The Bertz CT molecular complexity index is 1320. The molecule has 0 saturated carbocycles. The lowest BCUT2D eigenvalue weighted by atomic mass is 10.0. The fourth-order valence-corrected chi connectivity index (χ4v) is 3.59. The molecule has 2 aromatic carbocycles. The van der Waals surface area contributed by atoms with E-state index in [9.17, 15) is 4.79 Å². The van der Waals surface area contributed by atoms with Crippen molar-refractivity contribution >= 4 is 35.6 Å². The highest BCUT2D eigenvalue weighted by Crippen LogP contribution is 2.26. The van der Waals surface area contributed by atoms with Crippen molar-refractivity contribution in [3.8, 4) is 11.1 Å². The predicted molar refractivity (Wildman–Crippen MR) is 150 cm³/mol. The molecule has 3 N–H and O–H groups in total. The number of carbonyl (C=O) groups is 1. The van der Waals surface area contributed by atoms with Gasteiger partial charge in [0.2, 0.25) is 0 Å². The molecule has 3 rings (SSSR count). The molecule has 1 heterocycles. The lowest BCUT2D eigenvalue weighted by Crippen LogP contribution is -2.26. The Balaban J connectivity index is 1.72. The first-order valence-corrected chi connectivity index (χ1v) is 11.5. The molecule has 36 heavy (non-hydrogen) atoms. The molecule has 186 valence electrons. The average molecular weight is 484 g/mol. The number of hydrogen-bond donors (Lipinski definition) is 3. The van der Waals surface area contributed by atoms with Crippen molar-refractivity contribution < 1.29 is 9.53 Å². The smallest absolute Gasteiger partial charge is 0.418 e. The molecular weight excluding hydrogens is 450 g/mol. The minimum absolute atomic E-state index is 0.411. The Morgan fingerprint density at radius 1 is 1.11 bits per heavy atom. The first-order chi connectivity index (χ1) is 17.0. The molecule has 0 fully saturated rings. The van der Waals surface area contributed by atoms with Crippen LogP contribution in [0.15, 0.2) is 84.3 Å². The van der Waals surface area contributed by atoms with Crippen LogP contribution in [0.5, 0.6) is 0 Å². The van der Waals surface area contributed by atoms with E-state index < -0.39 is 11.7 Å². The van der Waals surface area contributed by atoms with Crippen molar-refractivity contribution in [2.24, 2.45) is 4.99 Å². The third kappa shape index (κ3) is 6.60. The van der Waals surface area contributed by atoms with Gasteiger partial charge in [0.05, 0.1) is 5.70 Å². The summed E-state index contributed by atoms with van der Waals surface area (Å²) in [5.74, 6) is 0. The van der Waals surface area contributed by atoms with Crippen LogP contribution in [0.1, 0.15) is 38.8 Å². The van der Waals surface area contributed by atoms with Crippen LogP contribution in [0.3, 0.4) is 0 Å². The highest BCUT2D eigenvalue weighted by atomic mass is 16.6. The maximum absolute atomic E-state index is 12.3. The van der Waals surface area contributed by atoms with Gasteiger partial charge in [0.1, 0.15) is 5.60 Å². The molecule has 3 aromatic rings. The fourth-order valence-electron chi connectivity index (χ4n) is 3.59. The van der Waals surface area contributed by atoms with E-state index in [4.69, 9.17) is 10.1 Å². The Hall–Kier alpha value is -4.39. The summed E-state index contributed by atoms with van der Waals surface area (Å²) in [4.78, 5) is 16.4. The largest absolute Gasteiger partial charge is 0.443 e. The Morgan fingerprint density at radius 2 is 1.81 bits per heavy atom. The highest BCUT2D eigenvalue weighted by molar-refractivity contribution is 6.02. The third-order valence-corrected chi connectivity index (χ3v) is 5.29. The summed E-state index contributed by atoms with van der Waals surface area (Å²) < 4.78 is 6.85. The number of nitrogens with zero attached hydrogens (tertiary/aromatic N) is 2. The summed E-state index contributed by atoms with van der Waals surface area (Å²) in [6.07, 6.45) is 4.87. The van der Waals surface area contributed by atoms with Crippen LogP contribution in [-0.4, -0.2) is 35.7 Å². The minimum atomic E-state index is -0.551. The Kier molecular flexibility index (Phi) is 7.94. The van der Waals surface area contributed by atoms with Gasteiger partial charge in [-0.25, -0.2) is 4.79 Å². The van der Waals surface area contributed by atoms with Crippen LogP contribution in [-0.2, 0) is 4.74 Å². The number of carbonyl (C=O) groups excluding carboxylic acids is 1. The third-order valence-electron chi connectivity index (χ3n) is 5.29. The number of aliphatic imine (C=N–C) groups is 1. The van der Waals surface area contributed by atoms with Gasteiger partial charge in [-0.15, -0.1) is 0 Å². The van der Waals surface area contributed by atoms with Crippen LogP contribution in [0.25, 0.3) is 16.8 Å². The Labute approximate surface area is 212 Å². The van der Waals surface area contributed by atoms with Crippen LogP contribution < -0.4 is 10.6 Å². The molecule has 0 saturated heterocycles. The number of aromatic nitrogens is 1. The second kappa shape index (κ2) is 10.9. The molecule has 0 atom stereocenters. The molecule has 7 heteroatoms. The first-order valence-electron chi connectivity index (χ1n) is 11.5. The maximum atomic E-state index is 12.3. The SMILES string of the molecule is C=N/C(=C\C(=C)Nc1ccc(-c2ccn(C(=O)OC(C)(C)C)c2)cc1)c1ccc(C(C)=N)c(NC)c1. The summed E-state index contributed by atoms with van der Waals surface area (Å²) in [7, 11) is 1.83. The lowest BCUT2D eigenvalue weighted by Gasteiger charge is -2.19. The molecule has 1 aromatic heterocycles. The quantitative estimate of drug-likeness (QED) is 0.237. The van der Waals surface area contributed by atoms with Crippen LogP contribution in [0, 0.1) is 5.41 Å². The van der Waals surface area contributed by atoms with E-state index in [-0.39, 0.29) is 0 Å². The molecule has 0 aliphatic heterocycles. The topological polar surface area (TPSA) is 91.5 Å². The summed E-state index contributed by atoms with van der Waals surface area (Å²) in [6.45, 7) is 15.1. The molecule has 0 amide bonds. The first kappa shape index (κ1) is 26.2. The van der Waals surface area contributed by atoms with Crippen molar-refractivity contribution in [3.05, 3.63) is 90.4 Å². The fraction of sp³-hybridized carbons (Fsp3) is 0.207. The Morgan fingerprint density at radius 3 is 2.39 bits per heavy atom. The number of allylic oxidation sites excluding steroid dienone is 1. The summed E-state index contributed by atoms with van der Waals surface area (Å²) in [5, 5.41) is 14.3. The van der Waals surface area contributed by atoms with Gasteiger partial charge in [-0.05, 0) is 75.9 Å². The molecule has 0 aliphatic rings. The van der Waals surface area contributed by atoms with Crippen LogP contribution in [0.4, 0.5) is 16.2 Å². The molecule has 0 spiro atoms. The predicted octanol–water partition coefficient (Wildman–Crippen LogP) is 7.04. The maximum Gasteiger partial charge on any atom is 0.418 e. The van der Waals surface area contributed by atoms with Crippen molar-refractivity contribution in [2.45, 2.75) is 33.3 Å². The van der Waals surface area contributed by atoms with Gasteiger partial charge in [0.25, 0.3) is 0 Å². The second-order valence-corrected chi connectivity index (χ2v) is 9.34. The van der Waals surface area contributed by atoms with E-state index >= 15 is 0 Å². The molecule has 0 aliphatic carbocycles. The summed E-state index contributed by atoms with van der Waals surface area (Å²) in [5.41, 5.74) is 6.55. The monoisotopic (exact) mass is 483 g/mol. The van der Waals surface area contributed by atoms with E-state index in [1.807, 2.05) is 82.4 Å². The standard InChI is InChI=1S/C29H33N5O2/c1-19(16-26(31-6)22-10-13-25(20(2)30)27(17-22)32-7)33-24-11-8-21(9-12-24)23-14-15-34(18-23)28(35)36-29(3,4)5/h8-18,30,32-33H,1,6H2,2-5,7H3/b26-16-,30-20?. The molecule has 7 nitrogen and oxygen atoms in total. The van der Waals surface area contributed by atoms with Crippen molar-refractivity contribution in [3.63, 3.8) is 0 Å². The van der Waals surface area contributed by atoms with Crippen LogP contribution >= 0.6 is 0 Å². The summed E-state index contributed by atoms with van der Waals surface area (Å²) in [6, 6.07) is 15.5. The summed E-state index contributed by atoms with van der Waals surface area (Å²) >= 11 is 0. The van der Waals surface area contributed by atoms with Crippen LogP contribution in [0.2, 0.25) is 0 Å². The van der Waals surface area contributed by atoms with E-state index in [0.29, 0.717) is 17.1 Å². The molecule has 0 unspecified atom stereocenters. The van der Waals surface area contributed by atoms with Crippen molar-refractivity contribution in [2.75, 3.05) is 17.7 Å². The molecule has 0 radical (unpaired) electrons. The minimum Gasteiger partial charge on any atom is -0.443 e. The number of nitrogens with one attached hydrogen (secondary N) is 3. The normalized spacial score (nSPS) is 11.5. The van der Waals surface area contributed by atoms with Gasteiger partial charge in [-0.1, -0.05) is 30.8 Å².